The summed E-state index contributed by atoms with van der Waals surface area (Å²) < 4.78 is 0. The summed E-state index contributed by atoms with van der Waals surface area (Å²) in [6.07, 6.45) is 3.89. The fourth-order valence-corrected chi connectivity index (χ4v) is 3.77. The number of aromatic carboxylic acids is 1. The molecular weight excluding hydrogens is 288 g/mol. The van der Waals surface area contributed by atoms with Crippen LogP contribution in [-0.2, 0) is 10.8 Å². The van der Waals surface area contributed by atoms with Gasteiger partial charge in [-0.2, -0.15) is 0 Å². The maximum atomic E-state index is 11.8. The molecule has 0 fully saturated rings. The number of benzene rings is 1. The number of carboxylic acid groups (broad SMARTS) is 1. The first-order valence-electron chi connectivity index (χ1n) is 8.60. The van der Waals surface area contributed by atoms with E-state index in [0.29, 0.717) is 5.56 Å². The van der Waals surface area contributed by atoms with Crippen molar-refractivity contribution in [3.8, 4) is 5.75 Å². The number of aromatic hydroxyl groups is 1. The fourth-order valence-electron chi connectivity index (χ4n) is 3.77. The molecule has 0 radical (unpaired) electrons. The van der Waals surface area contributed by atoms with Crippen molar-refractivity contribution in [3.05, 3.63) is 28.3 Å². The molecule has 0 aliphatic rings. The Hall–Kier alpha value is -1.51. The summed E-state index contributed by atoms with van der Waals surface area (Å²) >= 11 is 0. The van der Waals surface area contributed by atoms with Gasteiger partial charge in [0.2, 0.25) is 0 Å². The van der Waals surface area contributed by atoms with Gasteiger partial charge in [0.05, 0.1) is 0 Å². The molecule has 0 unspecified atom stereocenters. The van der Waals surface area contributed by atoms with Crippen LogP contribution in [-0.4, -0.2) is 16.2 Å². The monoisotopic (exact) mass is 320 g/mol. The van der Waals surface area contributed by atoms with Crippen molar-refractivity contribution in [2.75, 3.05) is 0 Å². The number of hydrogen-bond donors (Lipinski definition) is 2. The normalized spacial score (nSPS) is 12.5. The van der Waals surface area contributed by atoms with E-state index >= 15 is 0 Å². The Morgan fingerprint density at radius 3 is 1.83 bits per heavy atom. The smallest absolute Gasteiger partial charge is 0.339 e. The summed E-state index contributed by atoms with van der Waals surface area (Å²) in [6.45, 7) is 14.5. The van der Waals surface area contributed by atoms with Crippen LogP contribution in [0.5, 0.6) is 5.75 Å². The molecule has 0 bridgehead atoms. The Balaban J connectivity index is 3.74. The predicted molar refractivity (Wildman–Crippen MR) is 95.7 cm³/mol. The van der Waals surface area contributed by atoms with Gasteiger partial charge in [-0.15, -0.1) is 0 Å². The van der Waals surface area contributed by atoms with Crippen LogP contribution in [0.3, 0.4) is 0 Å². The minimum atomic E-state index is -1.05. The third-order valence-electron chi connectivity index (χ3n) is 4.98. The summed E-state index contributed by atoms with van der Waals surface area (Å²) in [5.74, 6) is -1.12. The molecule has 130 valence electrons. The first-order chi connectivity index (χ1) is 10.5. The molecule has 0 aromatic heterocycles. The molecule has 0 heterocycles. The Bertz CT molecular complexity index is 541. The van der Waals surface area contributed by atoms with Crippen LogP contribution in [0.15, 0.2) is 6.07 Å². The molecule has 0 aliphatic heterocycles. The van der Waals surface area contributed by atoms with Crippen molar-refractivity contribution < 1.29 is 15.0 Å². The van der Waals surface area contributed by atoms with Crippen molar-refractivity contribution in [2.45, 2.75) is 85.0 Å². The third-order valence-corrected chi connectivity index (χ3v) is 4.98. The van der Waals surface area contributed by atoms with Crippen molar-refractivity contribution in [2.24, 2.45) is 0 Å². The molecule has 0 atom stereocenters. The van der Waals surface area contributed by atoms with Gasteiger partial charge in [-0.1, -0.05) is 60.5 Å². The first-order valence-corrected chi connectivity index (χ1v) is 8.60. The zero-order valence-corrected chi connectivity index (χ0v) is 15.7. The maximum absolute atomic E-state index is 11.8. The molecule has 23 heavy (non-hydrogen) atoms. The van der Waals surface area contributed by atoms with Gasteiger partial charge in [0.25, 0.3) is 0 Å². The Labute approximate surface area is 140 Å². The van der Waals surface area contributed by atoms with Gasteiger partial charge < -0.3 is 10.2 Å². The van der Waals surface area contributed by atoms with E-state index in [0.717, 1.165) is 36.8 Å². The first kappa shape index (κ1) is 19.5. The fraction of sp³-hybridized carbons (Fsp3) is 0.650. The minimum Gasteiger partial charge on any atom is -0.507 e. The lowest BCUT2D eigenvalue weighted by molar-refractivity contribution is 0.0692. The Morgan fingerprint density at radius 1 is 1.00 bits per heavy atom. The second-order valence-electron chi connectivity index (χ2n) is 7.89. The number of phenols is 1. The van der Waals surface area contributed by atoms with Crippen molar-refractivity contribution in [1.29, 1.82) is 0 Å². The Kier molecular flexibility index (Phi) is 5.89. The molecule has 1 aromatic carbocycles. The molecule has 0 amide bonds. The van der Waals surface area contributed by atoms with Gasteiger partial charge in [0.1, 0.15) is 11.3 Å². The van der Waals surface area contributed by atoms with Crippen molar-refractivity contribution >= 4 is 5.97 Å². The highest BCUT2D eigenvalue weighted by Gasteiger charge is 2.32. The number of carboxylic acids is 1. The SMILES string of the molecule is CCCC(C)(C)c1cc(C(C)(C)CCC)c(O)c(C(=O)O)c1C. The number of rotatable bonds is 7. The molecule has 3 heteroatoms. The van der Waals surface area contributed by atoms with E-state index < -0.39 is 5.97 Å². The zero-order chi connectivity index (χ0) is 18.0. The van der Waals surface area contributed by atoms with Crippen LogP contribution in [0.2, 0.25) is 0 Å². The van der Waals surface area contributed by atoms with Gasteiger partial charge in [0, 0.05) is 5.56 Å². The molecule has 1 rings (SSSR count). The average molecular weight is 320 g/mol. The van der Waals surface area contributed by atoms with E-state index in [4.69, 9.17) is 0 Å². The van der Waals surface area contributed by atoms with Crippen molar-refractivity contribution in [3.63, 3.8) is 0 Å². The minimum absolute atomic E-state index is 0.0610. The molecule has 0 spiro atoms. The lowest BCUT2D eigenvalue weighted by Gasteiger charge is -2.33. The van der Waals surface area contributed by atoms with Crippen molar-refractivity contribution in [1.82, 2.24) is 0 Å². The predicted octanol–water partition coefficient (Wildman–Crippen LogP) is 5.55. The van der Waals surface area contributed by atoms with E-state index in [9.17, 15) is 15.0 Å². The van der Waals surface area contributed by atoms with Gasteiger partial charge in [0.15, 0.2) is 0 Å². The van der Waals surface area contributed by atoms with E-state index in [1.54, 1.807) is 0 Å². The highest BCUT2D eigenvalue weighted by molar-refractivity contribution is 5.93. The molecule has 0 saturated heterocycles. The van der Waals surface area contributed by atoms with E-state index in [1.165, 1.54) is 0 Å². The van der Waals surface area contributed by atoms with E-state index in [1.807, 2.05) is 13.0 Å². The summed E-state index contributed by atoms with van der Waals surface area (Å²) in [4.78, 5) is 11.8. The molecule has 2 N–H and O–H groups in total. The molecule has 0 aliphatic carbocycles. The standard InChI is InChI=1S/C20H32O3/c1-8-10-19(4,5)14-12-15(20(6,7)11-9-2)17(21)16(13(14)3)18(22)23/h12,21H,8-11H2,1-7H3,(H,22,23). The quantitative estimate of drug-likeness (QED) is 0.692. The molecular formula is C20H32O3. The molecule has 3 nitrogen and oxygen atoms in total. The topological polar surface area (TPSA) is 57.5 Å². The van der Waals surface area contributed by atoms with Gasteiger partial charge in [-0.05, 0) is 41.7 Å². The van der Waals surface area contributed by atoms with Crippen LogP contribution < -0.4 is 0 Å². The molecule has 1 aromatic rings. The van der Waals surface area contributed by atoms with E-state index in [-0.39, 0.29) is 22.1 Å². The van der Waals surface area contributed by atoms with E-state index in [2.05, 4.69) is 41.5 Å². The highest BCUT2D eigenvalue weighted by atomic mass is 16.4. The van der Waals surface area contributed by atoms with Crippen LogP contribution in [0, 0.1) is 6.92 Å². The molecule has 0 saturated carbocycles. The van der Waals surface area contributed by atoms with Crippen LogP contribution >= 0.6 is 0 Å². The second kappa shape index (κ2) is 6.94. The van der Waals surface area contributed by atoms with Crippen LogP contribution in [0.1, 0.15) is 94.3 Å². The summed E-state index contributed by atoms with van der Waals surface area (Å²) in [6, 6.07) is 2.04. The largest absolute Gasteiger partial charge is 0.507 e. The van der Waals surface area contributed by atoms with Gasteiger partial charge in [-0.25, -0.2) is 4.79 Å². The van der Waals surface area contributed by atoms with Gasteiger partial charge >= 0.3 is 5.97 Å². The zero-order valence-electron chi connectivity index (χ0n) is 15.7. The Morgan fingerprint density at radius 2 is 1.43 bits per heavy atom. The number of carbonyl (C=O) groups is 1. The van der Waals surface area contributed by atoms with Gasteiger partial charge in [-0.3, -0.25) is 0 Å². The summed E-state index contributed by atoms with van der Waals surface area (Å²) in [5, 5.41) is 20.3. The highest BCUT2D eigenvalue weighted by Crippen LogP contribution is 2.43. The lowest BCUT2D eigenvalue weighted by Crippen LogP contribution is -2.24. The summed E-state index contributed by atoms with van der Waals surface area (Å²) in [5.41, 5.74) is 2.16. The second-order valence-corrected chi connectivity index (χ2v) is 7.89. The maximum Gasteiger partial charge on any atom is 0.339 e. The summed E-state index contributed by atoms with van der Waals surface area (Å²) in [7, 11) is 0. The van der Waals surface area contributed by atoms with Crippen LogP contribution in [0.25, 0.3) is 0 Å². The van der Waals surface area contributed by atoms with Crippen LogP contribution in [0.4, 0.5) is 0 Å². The average Bonchev–Trinajstić information content (AvgIpc) is 2.37. The number of hydrogen-bond acceptors (Lipinski definition) is 2. The lowest BCUT2D eigenvalue weighted by atomic mass is 9.72. The third kappa shape index (κ3) is 3.88.